The molecule has 0 aliphatic rings. The number of benzene rings is 1. The molecule has 1 aromatic rings. The lowest BCUT2D eigenvalue weighted by molar-refractivity contribution is 0.300. The molecule has 0 fully saturated rings. The molecule has 21 heavy (non-hydrogen) atoms. The first kappa shape index (κ1) is 17.6. The molecule has 0 aliphatic carbocycles. The van der Waals surface area contributed by atoms with E-state index >= 15 is 0 Å². The monoisotopic (exact) mass is 316 g/mol. The summed E-state index contributed by atoms with van der Waals surface area (Å²) in [6.07, 6.45) is 1.19. The van der Waals surface area contributed by atoms with Gasteiger partial charge in [-0.05, 0) is 11.5 Å². The fourth-order valence-electron chi connectivity index (χ4n) is 1.85. The van der Waals surface area contributed by atoms with Crippen LogP contribution in [0.15, 0.2) is 12.1 Å². The highest BCUT2D eigenvalue weighted by atomic mass is 32.2. The zero-order chi connectivity index (χ0) is 16.3. The van der Waals surface area contributed by atoms with E-state index < -0.39 is 9.84 Å². The van der Waals surface area contributed by atoms with Crippen molar-refractivity contribution in [3.63, 3.8) is 0 Å². The van der Waals surface area contributed by atoms with Crippen molar-refractivity contribution in [2.45, 2.75) is 26.2 Å². The fraction of sp³-hybridized carbons (Fsp3) is 0.600. The van der Waals surface area contributed by atoms with Gasteiger partial charge in [0.15, 0.2) is 21.3 Å². The number of rotatable bonds is 6. The number of sulfone groups is 1. The lowest BCUT2D eigenvalue weighted by atomic mass is 9.86. The van der Waals surface area contributed by atoms with Gasteiger partial charge in [-0.1, -0.05) is 20.8 Å². The van der Waals surface area contributed by atoms with Crippen LogP contribution >= 0.6 is 0 Å². The molecule has 0 atom stereocenters. The Hall–Kier alpha value is -1.43. The van der Waals surface area contributed by atoms with Gasteiger partial charge in [0.2, 0.25) is 0 Å². The van der Waals surface area contributed by atoms with Gasteiger partial charge in [0.25, 0.3) is 0 Å². The maximum Gasteiger partial charge on any atom is 0.165 e. The summed E-state index contributed by atoms with van der Waals surface area (Å²) >= 11 is 0. The highest BCUT2D eigenvalue weighted by molar-refractivity contribution is 7.90. The van der Waals surface area contributed by atoms with Crippen LogP contribution in [0, 0.1) is 0 Å². The molecule has 0 amide bonds. The summed E-state index contributed by atoms with van der Waals surface area (Å²) < 4.78 is 38.8. The highest BCUT2D eigenvalue weighted by Crippen LogP contribution is 2.41. The molecule has 5 nitrogen and oxygen atoms in total. The summed E-state index contributed by atoms with van der Waals surface area (Å²) in [6, 6.07) is 3.61. The van der Waals surface area contributed by atoms with Crippen molar-refractivity contribution >= 4 is 9.84 Å². The second kappa shape index (κ2) is 6.56. The lowest BCUT2D eigenvalue weighted by Gasteiger charge is -2.25. The summed E-state index contributed by atoms with van der Waals surface area (Å²) in [5, 5.41) is 0. The second-order valence-electron chi connectivity index (χ2n) is 5.93. The highest BCUT2D eigenvalue weighted by Gasteiger charge is 2.24. The van der Waals surface area contributed by atoms with Gasteiger partial charge >= 0.3 is 0 Å². The summed E-state index contributed by atoms with van der Waals surface area (Å²) in [5.41, 5.74) is 0.717. The minimum atomic E-state index is -3.07. The first-order chi connectivity index (χ1) is 9.58. The number of hydrogen-bond acceptors (Lipinski definition) is 5. The van der Waals surface area contributed by atoms with E-state index in [1.165, 1.54) is 6.26 Å². The second-order valence-corrected chi connectivity index (χ2v) is 8.19. The Balaban J connectivity index is 3.20. The molecule has 120 valence electrons. The Morgan fingerprint density at radius 1 is 1.10 bits per heavy atom. The van der Waals surface area contributed by atoms with Crippen molar-refractivity contribution in [1.29, 1.82) is 0 Å². The zero-order valence-electron chi connectivity index (χ0n) is 13.5. The summed E-state index contributed by atoms with van der Waals surface area (Å²) in [6.45, 7) is 6.23. The smallest absolute Gasteiger partial charge is 0.165 e. The van der Waals surface area contributed by atoms with E-state index in [9.17, 15) is 8.42 Å². The van der Waals surface area contributed by atoms with Gasteiger partial charge in [-0.15, -0.1) is 0 Å². The van der Waals surface area contributed by atoms with Crippen LogP contribution < -0.4 is 14.2 Å². The number of ether oxygens (including phenoxy) is 3. The molecule has 0 unspecified atom stereocenters. The van der Waals surface area contributed by atoms with Gasteiger partial charge < -0.3 is 14.2 Å². The summed E-state index contributed by atoms with van der Waals surface area (Å²) in [5.74, 6) is 1.74. The molecular weight excluding hydrogens is 292 g/mol. The van der Waals surface area contributed by atoms with Crippen LogP contribution in [0.4, 0.5) is 0 Å². The molecule has 1 rings (SSSR count). The van der Waals surface area contributed by atoms with Gasteiger partial charge in [0, 0.05) is 17.9 Å². The molecule has 0 saturated carbocycles. The molecule has 0 heterocycles. The van der Waals surface area contributed by atoms with Gasteiger partial charge in [-0.25, -0.2) is 8.42 Å². The molecule has 6 heteroatoms. The Morgan fingerprint density at radius 2 is 1.71 bits per heavy atom. The van der Waals surface area contributed by atoms with Crippen LogP contribution in [0.5, 0.6) is 17.2 Å². The molecule has 0 N–H and O–H groups in total. The molecule has 0 spiro atoms. The van der Waals surface area contributed by atoms with Crippen molar-refractivity contribution in [3.05, 3.63) is 17.7 Å². The average molecular weight is 316 g/mol. The largest absolute Gasteiger partial charge is 0.497 e. The van der Waals surface area contributed by atoms with Crippen molar-refractivity contribution in [2.24, 2.45) is 0 Å². The van der Waals surface area contributed by atoms with Gasteiger partial charge in [-0.3, -0.25) is 0 Å². The van der Waals surface area contributed by atoms with Crippen molar-refractivity contribution in [1.82, 2.24) is 0 Å². The van der Waals surface area contributed by atoms with Crippen molar-refractivity contribution in [2.75, 3.05) is 32.8 Å². The van der Waals surface area contributed by atoms with Gasteiger partial charge in [0.05, 0.1) is 20.0 Å². The molecule has 0 saturated heterocycles. The Kier molecular flexibility index (Phi) is 5.50. The normalized spacial score (nSPS) is 12.1. The van der Waals surface area contributed by atoms with Crippen LogP contribution in [0.25, 0.3) is 0 Å². The van der Waals surface area contributed by atoms with Crippen molar-refractivity contribution < 1.29 is 22.6 Å². The van der Waals surface area contributed by atoms with Crippen LogP contribution in [0.1, 0.15) is 26.3 Å². The predicted molar refractivity (Wildman–Crippen MR) is 83.5 cm³/mol. The van der Waals surface area contributed by atoms with Crippen molar-refractivity contribution in [3.8, 4) is 17.2 Å². The summed E-state index contributed by atoms with van der Waals surface area (Å²) in [7, 11) is 0.0695. The van der Waals surface area contributed by atoms with Crippen LogP contribution in [0.2, 0.25) is 0 Å². The molecule has 0 aromatic heterocycles. The van der Waals surface area contributed by atoms with E-state index in [4.69, 9.17) is 14.2 Å². The van der Waals surface area contributed by atoms with Crippen LogP contribution in [-0.4, -0.2) is 41.3 Å². The zero-order valence-corrected chi connectivity index (χ0v) is 14.3. The fourth-order valence-corrected chi connectivity index (χ4v) is 2.23. The maximum absolute atomic E-state index is 11.2. The molecule has 1 aromatic carbocycles. The van der Waals surface area contributed by atoms with Crippen LogP contribution in [-0.2, 0) is 15.3 Å². The molecule has 0 radical (unpaired) electrons. The SMILES string of the molecule is COc1cc(OC)c(OCCS(C)(=O)=O)c(C(C)(C)C)c1. The van der Waals surface area contributed by atoms with E-state index in [2.05, 4.69) is 0 Å². The van der Waals surface area contributed by atoms with E-state index in [0.717, 1.165) is 5.56 Å². The Labute approximate surface area is 127 Å². The Bertz CT molecular complexity index is 585. The third-order valence-electron chi connectivity index (χ3n) is 2.99. The molecule has 0 aliphatic heterocycles. The van der Waals surface area contributed by atoms with Crippen LogP contribution in [0.3, 0.4) is 0 Å². The molecule has 0 bridgehead atoms. The van der Waals surface area contributed by atoms with E-state index in [0.29, 0.717) is 17.2 Å². The third-order valence-corrected chi connectivity index (χ3v) is 3.90. The number of methoxy groups -OCH3 is 2. The predicted octanol–water partition coefficient (Wildman–Crippen LogP) is 2.42. The standard InChI is InChI=1S/C15H24O5S/c1-15(2,3)12-9-11(18-4)10-13(19-5)14(12)20-7-8-21(6,16)17/h9-10H,7-8H2,1-6H3. The topological polar surface area (TPSA) is 61.8 Å². The molecular formula is C15H24O5S. The van der Waals surface area contributed by atoms with Gasteiger partial charge in [0.1, 0.15) is 12.4 Å². The number of hydrogen-bond donors (Lipinski definition) is 0. The Morgan fingerprint density at radius 3 is 2.14 bits per heavy atom. The quantitative estimate of drug-likeness (QED) is 0.806. The first-order valence-electron chi connectivity index (χ1n) is 6.65. The maximum atomic E-state index is 11.2. The first-order valence-corrected chi connectivity index (χ1v) is 8.71. The van der Waals surface area contributed by atoms with E-state index in [-0.39, 0.29) is 17.8 Å². The minimum Gasteiger partial charge on any atom is -0.497 e. The summed E-state index contributed by atoms with van der Waals surface area (Å²) in [4.78, 5) is 0. The van der Waals surface area contributed by atoms with E-state index in [1.54, 1.807) is 20.3 Å². The lowest BCUT2D eigenvalue weighted by Crippen LogP contribution is -2.17. The van der Waals surface area contributed by atoms with E-state index in [1.807, 2.05) is 26.8 Å². The minimum absolute atomic E-state index is 0.0359. The third kappa shape index (κ3) is 5.12. The average Bonchev–Trinajstić information content (AvgIpc) is 2.35. The van der Waals surface area contributed by atoms with Gasteiger partial charge in [-0.2, -0.15) is 0 Å².